The summed E-state index contributed by atoms with van der Waals surface area (Å²) >= 11 is 0. The van der Waals surface area contributed by atoms with Crippen LogP contribution in [0.1, 0.15) is 42.6 Å². The van der Waals surface area contributed by atoms with Gasteiger partial charge in [-0.2, -0.15) is 0 Å². The third-order valence-electron chi connectivity index (χ3n) is 3.21. The van der Waals surface area contributed by atoms with Gasteiger partial charge < -0.3 is 15.4 Å². The van der Waals surface area contributed by atoms with Crippen molar-refractivity contribution in [3.8, 4) is 0 Å². The van der Waals surface area contributed by atoms with Gasteiger partial charge in [0.25, 0.3) is 5.91 Å². The van der Waals surface area contributed by atoms with Gasteiger partial charge in [-0.15, -0.1) is 0 Å². The fourth-order valence-electron chi connectivity index (χ4n) is 2.06. The molecule has 1 aromatic carbocycles. The first-order valence-electron chi connectivity index (χ1n) is 7.77. The molecular weight excluding hydrogens is 264 g/mol. The monoisotopic (exact) mass is 292 g/mol. The second-order valence-electron chi connectivity index (χ2n) is 5.39. The van der Waals surface area contributed by atoms with Gasteiger partial charge in [0.2, 0.25) is 0 Å². The Morgan fingerprint density at radius 3 is 2.67 bits per heavy atom. The van der Waals surface area contributed by atoms with Crippen LogP contribution in [0.15, 0.2) is 24.3 Å². The first-order valence-corrected chi connectivity index (χ1v) is 7.77. The van der Waals surface area contributed by atoms with Gasteiger partial charge in [-0.3, -0.25) is 4.79 Å². The minimum absolute atomic E-state index is 0.0199. The fraction of sp³-hybridized carbons (Fsp3) is 0.588. The molecule has 4 heteroatoms. The zero-order valence-corrected chi connectivity index (χ0v) is 13.4. The Bertz CT molecular complexity index is 419. The number of carbonyl (C=O) groups excluding carboxylic acids is 1. The highest BCUT2D eigenvalue weighted by atomic mass is 16.5. The van der Waals surface area contributed by atoms with Gasteiger partial charge in [0.05, 0.1) is 6.10 Å². The van der Waals surface area contributed by atoms with E-state index in [-0.39, 0.29) is 12.0 Å². The van der Waals surface area contributed by atoms with Crippen molar-refractivity contribution in [2.45, 2.75) is 39.2 Å². The van der Waals surface area contributed by atoms with Crippen LogP contribution in [0.5, 0.6) is 0 Å². The molecule has 0 aliphatic rings. The van der Waals surface area contributed by atoms with E-state index in [1.807, 2.05) is 45.2 Å². The Hall–Kier alpha value is -1.39. The van der Waals surface area contributed by atoms with Gasteiger partial charge in [0.1, 0.15) is 0 Å². The van der Waals surface area contributed by atoms with Gasteiger partial charge in [0, 0.05) is 18.7 Å². The van der Waals surface area contributed by atoms with E-state index in [4.69, 9.17) is 4.74 Å². The third kappa shape index (κ3) is 7.25. The average molecular weight is 292 g/mol. The summed E-state index contributed by atoms with van der Waals surface area (Å²) in [5.41, 5.74) is 1.87. The fourth-order valence-corrected chi connectivity index (χ4v) is 2.06. The van der Waals surface area contributed by atoms with Gasteiger partial charge in [-0.25, -0.2) is 0 Å². The van der Waals surface area contributed by atoms with Crippen LogP contribution in [0.2, 0.25) is 0 Å². The standard InChI is InChI=1S/C17H28N2O2/c1-14(2)21-13-7-6-11-19-17(20)16-9-5-4-8-15(16)10-12-18-3/h4-5,8-9,14,18H,6-7,10-13H2,1-3H3,(H,19,20). The third-order valence-corrected chi connectivity index (χ3v) is 3.21. The van der Waals surface area contributed by atoms with Crippen LogP contribution < -0.4 is 10.6 Å². The summed E-state index contributed by atoms with van der Waals surface area (Å²) in [6.45, 7) is 6.39. The summed E-state index contributed by atoms with van der Waals surface area (Å²) in [4.78, 5) is 12.2. The molecule has 21 heavy (non-hydrogen) atoms. The molecule has 0 aromatic heterocycles. The van der Waals surface area contributed by atoms with Crippen molar-refractivity contribution in [3.05, 3.63) is 35.4 Å². The van der Waals surface area contributed by atoms with Crippen LogP contribution in [-0.4, -0.2) is 38.8 Å². The largest absolute Gasteiger partial charge is 0.379 e. The van der Waals surface area contributed by atoms with Gasteiger partial charge in [-0.1, -0.05) is 18.2 Å². The maximum Gasteiger partial charge on any atom is 0.251 e. The SMILES string of the molecule is CNCCc1ccccc1C(=O)NCCCCOC(C)C. The molecule has 0 aliphatic heterocycles. The molecule has 0 heterocycles. The lowest BCUT2D eigenvalue weighted by Crippen LogP contribution is -2.26. The molecule has 1 rings (SSSR count). The number of likely N-dealkylation sites (N-methyl/N-ethyl adjacent to an activating group) is 1. The van der Waals surface area contributed by atoms with Gasteiger partial charge in [-0.05, 0) is 58.3 Å². The maximum absolute atomic E-state index is 12.2. The van der Waals surface area contributed by atoms with Crippen LogP contribution >= 0.6 is 0 Å². The predicted octanol–water partition coefficient (Wildman–Crippen LogP) is 2.38. The normalized spacial score (nSPS) is 10.9. The van der Waals surface area contributed by atoms with Gasteiger partial charge >= 0.3 is 0 Å². The van der Waals surface area contributed by atoms with Crippen LogP contribution in [0.4, 0.5) is 0 Å². The first-order chi connectivity index (χ1) is 10.1. The Labute approximate surface area is 128 Å². The van der Waals surface area contributed by atoms with E-state index >= 15 is 0 Å². The number of nitrogens with one attached hydrogen (secondary N) is 2. The van der Waals surface area contributed by atoms with E-state index in [1.165, 1.54) is 0 Å². The predicted molar refractivity (Wildman–Crippen MR) is 86.7 cm³/mol. The molecule has 0 aliphatic carbocycles. The quantitative estimate of drug-likeness (QED) is 0.651. The molecule has 1 aromatic rings. The van der Waals surface area contributed by atoms with E-state index < -0.39 is 0 Å². The van der Waals surface area contributed by atoms with E-state index in [2.05, 4.69) is 10.6 Å². The topological polar surface area (TPSA) is 50.4 Å². The highest BCUT2D eigenvalue weighted by molar-refractivity contribution is 5.95. The second kappa shape index (κ2) is 10.4. The van der Waals surface area contributed by atoms with E-state index in [9.17, 15) is 4.79 Å². The number of amides is 1. The van der Waals surface area contributed by atoms with Crippen LogP contribution in [-0.2, 0) is 11.2 Å². The molecule has 0 saturated heterocycles. The molecule has 0 atom stereocenters. The summed E-state index contributed by atoms with van der Waals surface area (Å²) in [5, 5.41) is 6.10. The molecule has 0 spiro atoms. The molecule has 0 fully saturated rings. The number of rotatable bonds is 10. The molecule has 2 N–H and O–H groups in total. The Balaban J connectivity index is 2.34. The van der Waals surface area contributed by atoms with E-state index in [0.717, 1.165) is 43.5 Å². The number of unbranched alkanes of at least 4 members (excludes halogenated alkanes) is 1. The number of ether oxygens (including phenoxy) is 1. The van der Waals surface area contributed by atoms with Crippen LogP contribution in [0.25, 0.3) is 0 Å². The molecule has 1 amide bonds. The van der Waals surface area contributed by atoms with E-state index in [0.29, 0.717) is 6.54 Å². The lowest BCUT2D eigenvalue weighted by atomic mass is 10.0. The number of carbonyl (C=O) groups is 1. The molecule has 0 unspecified atom stereocenters. The van der Waals surface area contributed by atoms with Crippen molar-refractivity contribution in [1.82, 2.24) is 10.6 Å². The molecule has 0 saturated carbocycles. The highest BCUT2D eigenvalue weighted by Crippen LogP contribution is 2.09. The minimum atomic E-state index is 0.0199. The molecule has 4 nitrogen and oxygen atoms in total. The summed E-state index contributed by atoms with van der Waals surface area (Å²) in [7, 11) is 1.92. The summed E-state index contributed by atoms with van der Waals surface area (Å²) in [6.07, 6.45) is 3.05. The Morgan fingerprint density at radius 1 is 1.19 bits per heavy atom. The number of hydrogen-bond donors (Lipinski definition) is 2. The van der Waals surface area contributed by atoms with Crippen molar-refractivity contribution >= 4 is 5.91 Å². The number of benzene rings is 1. The lowest BCUT2D eigenvalue weighted by Gasteiger charge is -2.10. The van der Waals surface area contributed by atoms with Crippen molar-refractivity contribution in [2.75, 3.05) is 26.7 Å². The van der Waals surface area contributed by atoms with Crippen LogP contribution in [0, 0.1) is 0 Å². The Morgan fingerprint density at radius 2 is 1.95 bits per heavy atom. The zero-order valence-electron chi connectivity index (χ0n) is 13.4. The van der Waals surface area contributed by atoms with Gasteiger partial charge in [0.15, 0.2) is 0 Å². The van der Waals surface area contributed by atoms with E-state index in [1.54, 1.807) is 0 Å². The molecule has 0 radical (unpaired) electrons. The zero-order chi connectivity index (χ0) is 15.5. The highest BCUT2D eigenvalue weighted by Gasteiger charge is 2.09. The average Bonchev–Trinajstić information content (AvgIpc) is 2.48. The van der Waals surface area contributed by atoms with Crippen molar-refractivity contribution < 1.29 is 9.53 Å². The first kappa shape index (κ1) is 17.7. The van der Waals surface area contributed by atoms with Crippen LogP contribution in [0.3, 0.4) is 0 Å². The summed E-state index contributed by atoms with van der Waals surface area (Å²) in [5.74, 6) is 0.0199. The smallest absolute Gasteiger partial charge is 0.251 e. The second-order valence-corrected chi connectivity index (χ2v) is 5.39. The summed E-state index contributed by atoms with van der Waals surface area (Å²) < 4.78 is 5.48. The maximum atomic E-state index is 12.2. The Kier molecular flexibility index (Phi) is 8.71. The lowest BCUT2D eigenvalue weighted by molar-refractivity contribution is 0.0754. The van der Waals surface area contributed by atoms with Crippen molar-refractivity contribution in [1.29, 1.82) is 0 Å². The molecule has 118 valence electrons. The van der Waals surface area contributed by atoms with Crippen molar-refractivity contribution in [2.24, 2.45) is 0 Å². The van der Waals surface area contributed by atoms with Crippen molar-refractivity contribution in [3.63, 3.8) is 0 Å². The molecule has 0 bridgehead atoms. The summed E-state index contributed by atoms with van der Waals surface area (Å²) in [6, 6.07) is 7.80. The molecular formula is C17H28N2O2. The number of hydrogen-bond acceptors (Lipinski definition) is 3. The minimum Gasteiger partial charge on any atom is -0.379 e.